The van der Waals surface area contributed by atoms with Crippen molar-refractivity contribution < 1.29 is 9.90 Å². The number of halogens is 1. The van der Waals surface area contributed by atoms with Crippen LogP contribution in [0.3, 0.4) is 0 Å². The molecule has 7 heteroatoms. The molecule has 3 rings (SSSR count). The molecule has 0 saturated heterocycles. The van der Waals surface area contributed by atoms with E-state index < -0.39 is 5.97 Å². The van der Waals surface area contributed by atoms with E-state index in [1.807, 2.05) is 24.3 Å². The molecule has 0 spiro atoms. The van der Waals surface area contributed by atoms with Crippen molar-refractivity contribution in [2.75, 3.05) is 4.72 Å². The van der Waals surface area contributed by atoms with Gasteiger partial charge in [-0.3, -0.25) is 4.72 Å². The summed E-state index contributed by atoms with van der Waals surface area (Å²) in [5.74, 6) is -0.646. The van der Waals surface area contributed by atoms with Crippen molar-refractivity contribution in [1.29, 1.82) is 0 Å². The first-order valence-corrected chi connectivity index (χ1v) is 8.79. The molecule has 0 radical (unpaired) electrons. The third-order valence-corrected chi connectivity index (χ3v) is 4.46. The molecule has 2 N–H and O–H groups in total. The van der Waals surface area contributed by atoms with Gasteiger partial charge in [-0.15, -0.1) is 0 Å². The van der Waals surface area contributed by atoms with E-state index in [1.165, 1.54) is 18.0 Å². The fraction of sp³-hybridized carbons (Fsp3) is 0. The number of carboxylic acids is 1. The maximum Gasteiger partial charge on any atom is 0.335 e. The minimum Gasteiger partial charge on any atom is -0.478 e. The van der Waals surface area contributed by atoms with E-state index in [0.717, 1.165) is 16.0 Å². The van der Waals surface area contributed by atoms with Crippen LogP contribution < -0.4 is 4.72 Å². The van der Waals surface area contributed by atoms with Crippen LogP contribution in [0.1, 0.15) is 15.9 Å². The molecule has 0 saturated carbocycles. The average molecular weight is 384 g/mol. The van der Waals surface area contributed by atoms with Crippen molar-refractivity contribution in [2.45, 2.75) is 4.90 Å². The largest absolute Gasteiger partial charge is 0.478 e. The fourth-order valence-electron chi connectivity index (χ4n) is 2.31. The number of aromatic carboxylic acids is 1. The number of benzene rings is 2. The van der Waals surface area contributed by atoms with E-state index in [0.29, 0.717) is 16.8 Å². The number of carboxylic acid groups (broad SMARTS) is 1. The molecule has 0 aliphatic carbocycles. The Morgan fingerprint density at radius 1 is 1.15 bits per heavy atom. The molecule has 0 amide bonds. The van der Waals surface area contributed by atoms with E-state index in [9.17, 15) is 4.79 Å². The van der Waals surface area contributed by atoms with E-state index in [-0.39, 0.29) is 5.56 Å². The minimum atomic E-state index is -0.977. The van der Waals surface area contributed by atoms with Gasteiger partial charge in [-0.1, -0.05) is 54.6 Å². The Balaban J connectivity index is 1.85. The molecule has 0 aliphatic heterocycles. The van der Waals surface area contributed by atoms with Crippen molar-refractivity contribution >= 4 is 41.5 Å². The smallest absolute Gasteiger partial charge is 0.335 e. The fourth-order valence-corrected chi connectivity index (χ4v) is 3.12. The predicted molar refractivity (Wildman–Crippen MR) is 105 cm³/mol. The van der Waals surface area contributed by atoms with Crippen LogP contribution in [0, 0.1) is 0 Å². The van der Waals surface area contributed by atoms with Crippen LogP contribution in [0.4, 0.5) is 5.95 Å². The Kier molecular flexibility index (Phi) is 5.55. The van der Waals surface area contributed by atoms with E-state index >= 15 is 0 Å². The lowest BCUT2D eigenvalue weighted by molar-refractivity contribution is 0.0696. The quantitative estimate of drug-likeness (QED) is 0.447. The Hall–Kier alpha value is -2.83. The van der Waals surface area contributed by atoms with Gasteiger partial charge in [-0.05, 0) is 35.7 Å². The number of hydrogen-bond acceptors (Lipinski definition) is 5. The van der Waals surface area contributed by atoms with Crippen LogP contribution in [0.25, 0.3) is 17.3 Å². The Morgan fingerprint density at radius 2 is 1.96 bits per heavy atom. The second kappa shape index (κ2) is 8.03. The molecule has 0 atom stereocenters. The van der Waals surface area contributed by atoms with Crippen LogP contribution in [0.5, 0.6) is 0 Å². The highest BCUT2D eigenvalue weighted by molar-refractivity contribution is 8.00. The van der Waals surface area contributed by atoms with Crippen molar-refractivity contribution in [3.63, 3.8) is 0 Å². The van der Waals surface area contributed by atoms with Crippen LogP contribution >= 0.6 is 23.5 Å². The summed E-state index contributed by atoms with van der Waals surface area (Å²) in [6.45, 7) is 3.82. The summed E-state index contributed by atoms with van der Waals surface area (Å²) >= 11 is 7.35. The highest BCUT2D eigenvalue weighted by atomic mass is 35.5. The van der Waals surface area contributed by atoms with Crippen LogP contribution in [0.15, 0.2) is 66.1 Å². The van der Waals surface area contributed by atoms with Gasteiger partial charge in [0.25, 0.3) is 0 Å². The number of nitrogens with one attached hydrogen (secondary N) is 1. The maximum absolute atomic E-state index is 11.1. The van der Waals surface area contributed by atoms with Gasteiger partial charge in [0, 0.05) is 16.5 Å². The number of carbonyl (C=O) groups is 1. The molecular weight excluding hydrogens is 370 g/mol. The van der Waals surface area contributed by atoms with Gasteiger partial charge in [-0.2, -0.15) is 0 Å². The lowest BCUT2D eigenvalue weighted by Crippen LogP contribution is -1.99. The average Bonchev–Trinajstić information content (AvgIpc) is 2.66. The second-order valence-corrected chi connectivity index (χ2v) is 6.49. The van der Waals surface area contributed by atoms with E-state index in [1.54, 1.807) is 30.3 Å². The van der Waals surface area contributed by atoms with Gasteiger partial charge in [0.15, 0.2) is 0 Å². The van der Waals surface area contributed by atoms with Gasteiger partial charge in [-0.25, -0.2) is 14.8 Å². The van der Waals surface area contributed by atoms with Crippen LogP contribution in [0.2, 0.25) is 5.15 Å². The number of hydrogen-bond donors (Lipinski definition) is 2. The summed E-state index contributed by atoms with van der Waals surface area (Å²) < 4.78 is 3.01. The third kappa shape index (κ3) is 4.22. The number of rotatable bonds is 6. The number of aromatic nitrogens is 2. The standard InChI is InChI=1S/C19H14ClN3O2S/c1-2-12-6-3-4-9-15(12)16-11-17(20)22-19(21-16)23-26-14-8-5-7-13(10-14)18(24)25/h2-11H,1H2,(H,24,25)(H,21,22,23). The van der Waals surface area contributed by atoms with Gasteiger partial charge in [0.05, 0.1) is 11.3 Å². The summed E-state index contributed by atoms with van der Waals surface area (Å²) in [5, 5.41) is 9.36. The molecule has 0 unspecified atom stereocenters. The van der Waals surface area contributed by atoms with Gasteiger partial charge in [0.1, 0.15) is 5.15 Å². The molecule has 2 aromatic carbocycles. The van der Waals surface area contributed by atoms with Crippen molar-refractivity contribution in [3.05, 3.63) is 77.5 Å². The molecule has 5 nitrogen and oxygen atoms in total. The summed E-state index contributed by atoms with van der Waals surface area (Å²) in [5.41, 5.74) is 2.72. The Morgan fingerprint density at radius 3 is 2.73 bits per heavy atom. The summed E-state index contributed by atoms with van der Waals surface area (Å²) in [6, 6.07) is 16.0. The minimum absolute atomic E-state index is 0.212. The highest BCUT2D eigenvalue weighted by Crippen LogP contribution is 2.27. The summed E-state index contributed by atoms with van der Waals surface area (Å²) in [4.78, 5) is 20.4. The topological polar surface area (TPSA) is 75.1 Å². The molecule has 3 aromatic rings. The summed E-state index contributed by atoms with van der Waals surface area (Å²) in [6.07, 6.45) is 1.75. The van der Waals surface area contributed by atoms with Crippen LogP contribution in [-0.2, 0) is 0 Å². The molecule has 0 bridgehead atoms. The first kappa shape index (κ1) is 18.0. The zero-order chi connectivity index (χ0) is 18.5. The first-order chi connectivity index (χ1) is 12.6. The zero-order valence-corrected chi connectivity index (χ0v) is 15.1. The van der Waals surface area contributed by atoms with Crippen molar-refractivity contribution in [3.8, 4) is 11.3 Å². The van der Waals surface area contributed by atoms with Gasteiger partial charge >= 0.3 is 5.97 Å². The molecule has 130 valence electrons. The highest BCUT2D eigenvalue weighted by Gasteiger charge is 2.09. The summed E-state index contributed by atoms with van der Waals surface area (Å²) in [7, 11) is 0. The van der Waals surface area contributed by atoms with E-state index in [2.05, 4.69) is 21.3 Å². The van der Waals surface area contributed by atoms with Gasteiger partial charge in [0.2, 0.25) is 5.95 Å². The Labute approximate surface area is 159 Å². The molecule has 0 aliphatic rings. The lowest BCUT2D eigenvalue weighted by atomic mass is 10.0. The molecule has 1 heterocycles. The third-order valence-electron chi connectivity index (χ3n) is 3.49. The predicted octanol–water partition coefficient (Wildman–Crippen LogP) is 5.26. The van der Waals surface area contributed by atoms with E-state index in [4.69, 9.17) is 16.7 Å². The molecule has 26 heavy (non-hydrogen) atoms. The molecule has 1 aromatic heterocycles. The SMILES string of the molecule is C=Cc1ccccc1-c1cc(Cl)nc(NSc2cccc(C(=O)O)c2)n1. The second-order valence-electron chi connectivity index (χ2n) is 5.23. The normalized spacial score (nSPS) is 10.3. The van der Waals surface area contributed by atoms with Gasteiger partial charge < -0.3 is 5.11 Å². The number of anilines is 1. The van der Waals surface area contributed by atoms with Crippen LogP contribution in [-0.4, -0.2) is 21.0 Å². The molecular formula is C19H14ClN3O2S. The first-order valence-electron chi connectivity index (χ1n) is 7.59. The zero-order valence-electron chi connectivity index (χ0n) is 13.5. The maximum atomic E-state index is 11.1. The number of nitrogens with zero attached hydrogens (tertiary/aromatic N) is 2. The lowest BCUT2D eigenvalue weighted by Gasteiger charge is -2.09. The van der Waals surface area contributed by atoms with Crippen molar-refractivity contribution in [1.82, 2.24) is 9.97 Å². The molecule has 0 fully saturated rings. The monoisotopic (exact) mass is 383 g/mol. The Bertz CT molecular complexity index is 979. The van der Waals surface area contributed by atoms with Crippen molar-refractivity contribution in [2.24, 2.45) is 0 Å².